The lowest BCUT2D eigenvalue weighted by Crippen LogP contribution is -1.92. The van der Waals surface area contributed by atoms with Crippen LogP contribution in [0.15, 0.2) is 12.3 Å². The Morgan fingerprint density at radius 2 is 2.31 bits per heavy atom. The minimum Gasteiger partial charge on any atom is -0.265 e. The number of pyridine rings is 1. The van der Waals surface area contributed by atoms with Crippen LogP contribution < -0.4 is 0 Å². The molecule has 0 aliphatic rings. The van der Waals surface area contributed by atoms with E-state index in [9.17, 15) is 0 Å². The largest absolute Gasteiger partial charge is 0.265 e. The second-order valence-corrected chi connectivity index (χ2v) is 2.88. The van der Waals surface area contributed by atoms with Gasteiger partial charge in [-0.25, -0.2) is 0 Å². The van der Waals surface area contributed by atoms with Crippen LogP contribution in [0.3, 0.4) is 0 Å². The van der Waals surface area contributed by atoms with Crippen molar-refractivity contribution in [1.29, 1.82) is 5.26 Å². The topological polar surface area (TPSA) is 54.5 Å². The van der Waals surface area contributed by atoms with E-state index in [0.717, 1.165) is 16.7 Å². The van der Waals surface area contributed by atoms with Crippen LogP contribution in [0, 0.1) is 18.3 Å². The predicted molar refractivity (Wildman–Crippen MR) is 48.0 cm³/mol. The van der Waals surface area contributed by atoms with Crippen LogP contribution in [0.25, 0.3) is 11.0 Å². The molecule has 0 aliphatic carbocycles. The van der Waals surface area contributed by atoms with E-state index in [-0.39, 0.29) is 0 Å². The van der Waals surface area contributed by atoms with Gasteiger partial charge in [0.1, 0.15) is 17.1 Å². The van der Waals surface area contributed by atoms with Crippen LogP contribution >= 0.6 is 0 Å². The number of hydrogen-bond donors (Lipinski definition) is 0. The number of nitriles is 1. The lowest BCUT2D eigenvalue weighted by atomic mass is 10.2. The highest BCUT2D eigenvalue weighted by atomic mass is 15.3. The second kappa shape index (κ2) is 2.56. The van der Waals surface area contributed by atoms with E-state index in [2.05, 4.69) is 16.2 Å². The summed E-state index contributed by atoms with van der Waals surface area (Å²) in [6.07, 6.45) is 1.63. The van der Waals surface area contributed by atoms with Crippen molar-refractivity contribution >= 4 is 11.0 Å². The van der Waals surface area contributed by atoms with Crippen LogP contribution in [0.1, 0.15) is 11.3 Å². The van der Waals surface area contributed by atoms with E-state index in [1.807, 2.05) is 14.0 Å². The maximum atomic E-state index is 8.85. The minimum atomic E-state index is 0.619. The number of hydrogen-bond acceptors (Lipinski definition) is 3. The van der Waals surface area contributed by atoms with Crippen LogP contribution in [0.2, 0.25) is 0 Å². The smallest absolute Gasteiger partial charge is 0.113 e. The van der Waals surface area contributed by atoms with E-state index >= 15 is 0 Å². The van der Waals surface area contributed by atoms with Crippen molar-refractivity contribution in [2.75, 3.05) is 0 Å². The molecule has 4 nitrogen and oxygen atoms in total. The molecule has 2 rings (SSSR count). The normalized spacial score (nSPS) is 10.2. The number of aryl methyl sites for hydroxylation is 2. The molecule has 0 aliphatic heterocycles. The second-order valence-electron chi connectivity index (χ2n) is 2.88. The van der Waals surface area contributed by atoms with E-state index in [1.54, 1.807) is 16.9 Å². The van der Waals surface area contributed by atoms with Gasteiger partial charge in [-0.05, 0) is 13.0 Å². The Balaban J connectivity index is 2.99. The van der Waals surface area contributed by atoms with Crippen molar-refractivity contribution in [3.63, 3.8) is 0 Å². The lowest BCUT2D eigenvalue weighted by Gasteiger charge is -1.94. The molecule has 0 atom stereocenters. The summed E-state index contributed by atoms with van der Waals surface area (Å²) in [4.78, 5) is 4.18. The summed E-state index contributed by atoms with van der Waals surface area (Å²) in [5, 5.41) is 13.1. The van der Waals surface area contributed by atoms with Crippen molar-refractivity contribution in [3.05, 3.63) is 23.5 Å². The molecular weight excluding hydrogens is 164 g/mol. The van der Waals surface area contributed by atoms with E-state index < -0.39 is 0 Å². The van der Waals surface area contributed by atoms with Crippen molar-refractivity contribution < 1.29 is 0 Å². The molecule has 0 aromatic carbocycles. The Morgan fingerprint density at radius 3 is 3.00 bits per heavy atom. The Kier molecular flexibility index (Phi) is 1.52. The van der Waals surface area contributed by atoms with Crippen LogP contribution in [-0.4, -0.2) is 14.8 Å². The Morgan fingerprint density at radius 1 is 1.54 bits per heavy atom. The Labute approximate surface area is 75.4 Å². The minimum absolute atomic E-state index is 0.619. The van der Waals surface area contributed by atoms with Crippen LogP contribution in [0.5, 0.6) is 0 Å². The van der Waals surface area contributed by atoms with E-state index in [1.165, 1.54) is 0 Å². The van der Waals surface area contributed by atoms with Gasteiger partial charge in [0.05, 0.1) is 11.3 Å². The van der Waals surface area contributed by atoms with Crippen LogP contribution in [-0.2, 0) is 7.05 Å². The van der Waals surface area contributed by atoms with Gasteiger partial charge in [0, 0.05) is 13.2 Å². The summed E-state index contributed by atoms with van der Waals surface area (Å²) in [5.74, 6) is 0. The fourth-order valence-corrected chi connectivity index (χ4v) is 1.46. The highest BCUT2D eigenvalue weighted by Crippen LogP contribution is 2.17. The SMILES string of the molecule is Cc1nn(C)c2c(C#N)ccnc12. The molecule has 0 bridgehead atoms. The molecule has 2 aromatic rings. The molecule has 13 heavy (non-hydrogen) atoms. The summed E-state index contributed by atoms with van der Waals surface area (Å²) in [7, 11) is 1.82. The van der Waals surface area contributed by atoms with Gasteiger partial charge in [0.2, 0.25) is 0 Å². The highest BCUT2D eigenvalue weighted by Gasteiger charge is 2.09. The van der Waals surface area contributed by atoms with E-state index in [4.69, 9.17) is 5.26 Å². The fourth-order valence-electron chi connectivity index (χ4n) is 1.46. The lowest BCUT2D eigenvalue weighted by molar-refractivity contribution is 0.782. The molecule has 0 fully saturated rings. The number of nitrogens with zero attached hydrogens (tertiary/aromatic N) is 4. The van der Waals surface area contributed by atoms with E-state index in [0.29, 0.717) is 5.56 Å². The van der Waals surface area contributed by atoms with Gasteiger partial charge >= 0.3 is 0 Å². The van der Waals surface area contributed by atoms with Gasteiger partial charge in [0.25, 0.3) is 0 Å². The van der Waals surface area contributed by atoms with Crippen molar-refractivity contribution in [2.24, 2.45) is 7.05 Å². The third-order valence-electron chi connectivity index (χ3n) is 2.01. The van der Waals surface area contributed by atoms with Gasteiger partial charge in [-0.15, -0.1) is 0 Å². The van der Waals surface area contributed by atoms with Gasteiger partial charge < -0.3 is 0 Å². The molecule has 0 unspecified atom stereocenters. The monoisotopic (exact) mass is 172 g/mol. The molecular formula is C9H8N4. The Bertz CT molecular complexity index is 504. The molecule has 2 aromatic heterocycles. The first kappa shape index (κ1) is 7.74. The number of rotatable bonds is 0. The summed E-state index contributed by atoms with van der Waals surface area (Å²) < 4.78 is 1.69. The fraction of sp³-hybridized carbons (Fsp3) is 0.222. The summed E-state index contributed by atoms with van der Waals surface area (Å²) >= 11 is 0. The van der Waals surface area contributed by atoms with Gasteiger partial charge in [-0.2, -0.15) is 10.4 Å². The molecule has 0 saturated carbocycles. The Hall–Kier alpha value is -1.89. The first-order valence-electron chi connectivity index (χ1n) is 3.92. The quantitative estimate of drug-likeness (QED) is 0.599. The zero-order valence-electron chi connectivity index (χ0n) is 7.44. The molecule has 2 heterocycles. The maximum Gasteiger partial charge on any atom is 0.113 e. The van der Waals surface area contributed by atoms with Gasteiger partial charge in [-0.3, -0.25) is 9.67 Å². The zero-order chi connectivity index (χ0) is 9.42. The van der Waals surface area contributed by atoms with Crippen molar-refractivity contribution in [2.45, 2.75) is 6.92 Å². The summed E-state index contributed by atoms with van der Waals surface area (Å²) in [6.45, 7) is 1.89. The first-order valence-corrected chi connectivity index (χ1v) is 3.92. The summed E-state index contributed by atoms with van der Waals surface area (Å²) in [6, 6.07) is 3.82. The number of fused-ring (bicyclic) bond motifs is 1. The predicted octanol–water partition coefficient (Wildman–Crippen LogP) is 1.15. The zero-order valence-corrected chi connectivity index (χ0v) is 7.44. The van der Waals surface area contributed by atoms with Crippen LogP contribution in [0.4, 0.5) is 0 Å². The number of aromatic nitrogens is 3. The molecule has 0 N–H and O–H groups in total. The third-order valence-corrected chi connectivity index (χ3v) is 2.01. The highest BCUT2D eigenvalue weighted by molar-refractivity contribution is 5.82. The summed E-state index contributed by atoms with van der Waals surface area (Å²) in [5.41, 5.74) is 3.09. The molecule has 0 spiro atoms. The average molecular weight is 172 g/mol. The molecule has 4 heteroatoms. The molecule has 64 valence electrons. The third kappa shape index (κ3) is 0.975. The maximum absolute atomic E-state index is 8.85. The van der Waals surface area contributed by atoms with Gasteiger partial charge in [-0.1, -0.05) is 0 Å². The van der Waals surface area contributed by atoms with Crippen molar-refractivity contribution in [1.82, 2.24) is 14.8 Å². The van der Waals surface area contributed by atoms with Gasteiger partial charge in [0.15, 0.2) is 0 Å². The average Bonchev–Trinajstić information content (AvgIpc) is 2.43. The molecule has 0 saturated heterocycles. The molecule has 0 amide bonds. The first-order chi connectivity index (χ1) is 6.24. The van der Waals surface area contributed by atoms with Crippen molar-refractivity contribution in [3.8, 4) is 6.07 Å². The standard InChI is InChI=1S/C9H8N4/c1-6-8-9(13(2)12-6)7(5-10)3-4-11-8/h3-4H,1-2H3. The molecule has 0 radical (unpaired) electrons.